The van der Waals surface area contributed by atoms with Gasteiger partial charge >= 0.3 is 0 Å². The number of pyridine rings is 2. The van der Waals surface area contributed by atoms with Crippen LogP contribution in [-0.4, -0.2) is 60.9 Å². The van der Waals surface area contributed by atoms with Gasteiger partial charge in [0.1, 0.15) is 17.0 Å². The molecule has 0 spiro atoms. The molecule has 8 rings (SSSR count). The molecule has 1 unspecified atom stereocenters. The van der Waals surface area contributed by atoms with Gasteiger partial charge in [0.05, 0.1) is 41.9 Å². The Bertz CT molecular complexity index is 2160. The maximum Gasteiger partial charge on any atom is 0.254 e. The lowest BCUT2D eigenvalue weighted by molar-refractivity contribution is 0.0725. The number of fused-ring (bicyclic) bond motifs is 4. The van der Waals surface area contributed by atoms with E-state index in [1.165, 1.54) is 12.8 Å². The number of imidazole rings is 1. The molecular formula is C37H38N8O3. The lowest BCUT2D eigenvalue weighted by atomic mass is 9.97. The van der Waals surface area contributed by atoms with E-state index in [9.17, 15) is 14.9 Å². The third-order valence-electron chi connectivity index (χ3n) is 10.4. The minimum absolute atomic E-state index is 0.0167. The molecule has 11 heteroatoms. The standard InChI is InChI=1S/C37H38N8O3/c1-20(40-36(46)25-6-4-5-23(13-25)18-38)29-11-9-24-14-31(43(35(24)41-29)19-22-7-8-22)34-21(2)44-32(42-34)15-26(16-33(44)48-3)37(47)45-27-10-12-30(45)28(39)17-27/h4-6,9,11,13-16,20,22,27-28,30H,7-8,10,12,17,19,39H2,1-3H3,(H,40,46)/t20-,27+,28-,30?/m1/s1. The highest BCUT2D eigenvalue weighted by Crippen LogP contribution is 2.40. The number of hydrogen-bond acceptors (Lipinski definition) is 7. The summed E-state index contributed by atoms with van der Waals surface area (Å²) in [5.74, 6) is 0.839. The highest BCUT2D eigenvalue weighted by atomic mass is 16.5. The van der Waals surface area contributed by atoms with E-state index in [-0.39, 0.29) is 36.0 Å². The topological polar surface area (TPSA) is 144 Å². The van der Waals surface area contributed by atoms with Gasteiger partial charge in [-0.2, -0.15) is 5.26 Å². The highest BCUT2D eigenvalue weighted by Gasteiger charge is 2.47. The summed E-state index contributed by atoms with van der Waals surface area (Å²) in [6.07, 6.45) is 5.13. The fourth-order valence-electron chi connectivity index (χ4n) is 7.70. The number of nitriles is 1. The summed E-state index contributed by atoms with van der Waals surface area (Å²) in [4.78, 5) is 39.0. The molecule has 3 aliphatic rings. The fraction of sp³-hybridized carbons (Fsp3) is 0.378. The zero-order chi connectivity index (χ0) is 33.3. The maximum atomic E-state index is 13.8. The average molecular weight is 643 g/mol. The number of amides is 2. The summed E-state index contributed by atoms with van der Waals surface area (Å²) in [5.41, 5.74) is 12.7. The van der Waals surface area contributed by atoms with Crippen molar-refractivity contribution in [3.63, 3.8) is 0 Å². The van der Waals surface area contributed by atoms with Crippen LogP contribution in [0.4, 0.5) is 0 Å². The zero-order valence-corrected chi connectivity index (χ0v) is 27.3. The van der Waals surface area contributed by atoms with E-state index in [0.717, 1.165) is 59.6 Å². The van der Waals surface area contributed by atoms with Gasteiger partial charge in [-0.15, -0.1) is 0 Å². The Hall–Kier alpha value is -5.21. The number of carbonyl (C=O) groups is 2. The van der Waals surface area contributed by atoms with Crippen molar-refractivity contribution in [2.75, 3.05) is 7.11 Å². The number of nitrogens with one attached hydrogen (secondary N) is 1. The van der Waals surface area contributed by atoms with Crippen LogP contribution in [0, 0.1) is 24.2 Å². The molecule has 244 valence electrons. The van der Waals surface area contributed by atoms with Crippen LogP contribution in [0.15, 0.2) is 54.6 Å². The number of nitrogens with two attached hydrogens (primary N) is 1. The van der Waals surface area contributed by atoms with Gasteiger partial charge in [0.2, 0.25) is 0 Å². The lowest BCUT2D eigenvalue weighted by Gasteiger charge is -2.23. The number of methoxy groups -OCH3 is 1. The van der Waals surface area contributed by atoms with Crippen LogP contribution in [0.25, 0.3) is 28.1 Å². The van der Waals surface area contributed by atoms with Crippen LogP contribution in [0.2, 0.25) is 0 Å². The van der Waals surface area contributed by atoms with Crippen LogP contribution in [0.3, 0.4) is 0 Å². The summed E-state index contributed by atoms with van der Waals surface area (Å²) >= 11 is 0. The van der Waals surface area contributed by atoms with Crippen LogP contribution >= 0.6 is 0 Å². The van der Waals surface area contributed by atoms with E-state index in [2.05, 4.69) is 22.0 Å². The minimum atomic E-state index is -0.363. The minimum Gasteiger partial charge on any atom is -0.482 e. The summed E-state index contributed by atoms with van der Waals surface area (Å²) in [6, 6.07) is 18.5. The van der Waals surface area contributed by atoms with Gasteiger partial charge in [-0.1, -0.05) is 6.07 Å². The molecule has 4 aromatic heterocycles. The van der Waals surface area contributed by atoms with Crippen molar-refractivity contribution in [2.45, 2.75) is 76.7 Å². The quantitative estimate of drug-likeness (QED) is 0.238. The maximum absolute atomic E-state index is 13.8. The molecule has 4 atom stereocenters. The Morgan fingerprint density at radius 2 is 1.92 bits per heavy atom. The molecule has 1 aromatic carbocycles. The second-order valence-electron chi connectivity index (χ2n) is 13.6. The van der Waals surface area contributed by atoms with Gasteiger partial charge in [0.25, 0.3) is 11.8 Å². The van der Waals surface area contributed by atoms with Gasteiger partial charge in [-0.05, 0) is 94.3 Å². The van der Waals surface area contributed by atoms with Crippen molar-refractivity contribution in [1.82, 2.24) is 29.2 Å². The summed E-state index contributed by atoms with van der Waals surface area (Å²) in [5, 5.41) is 13.3. The second-order valence-corrected chi connectivity index (χ2v) is 13.6. The molecular weight excluding hydrogens is 604 g/mol. The van der Waals surface area contributed by atoms with Crippen molar-refractivity contribution in [1.29, 1.82) is 5.26 Å². The Morgan fingerprint density at radius 3 is 2.62 bits per heavy atom. The van der Waals surface area contributed by atoms with Crippen molar-refractivity contribution >= 4 is 28.5 Å². The third kappa shape index (κ3) is 4.99. The average Bonchev–Trinajstić information content (AvgIpc) is 3.42. The molecule has 11 nitrogen and oxygen atoms in total. The van der Waals surface area contributed by atoms with Gasteiger partial charge in [-0.3, -0.25) is 14.0 Å². The molecule has 48 heavy (non-hydrogen) atoms. The zero-order valence-electron chi connectivity index (χ0n) is 27.3. The monoisotopic (exact) mass is 642 g/mol. The van der Waals surface area contributed by atoms with E-state index in [0.29, 0.717) is 34.1 Å². The van der Waals surface area contributed by atoms with Gasteiger partial charge < -0.3 is 25.3 Å². The highest BCUT2D eigenvalue weighted by molar-refractivity contribution is 5.97. The van der Waals surface area contributed by atoms with Crippen molar-refractivity contribution in [2.24, 2.45) is 11.7 Å². The van der Waals surface area contributed by atoms with Gasteiger partial charge in [-0.25, -0.2) is 9.97 Å². The molecule has 3 fully saturated rings. The summed E-state index contributed by atoms with van der Waals surface area (Å²) in [7, 11) is 1.62. The van der Waals surface area contributed by atoms with Crippen molar-refractivity contribution < 1.29 is 14.3 Å². The molecule has 2 saturated heterocycles. The van der Waals surface area contributed by atoms with Crippen LogP contribution < -0.4 is 15.8 Å². The number of rotatable bonds is 8. The SMILES string of the molecule is COc1cc(C(=O)N2C3CC[C@H]2C[C@H]3N)cc2nc(-c3cc4ccc([C@@H](C)NC(=O)c5cccc(C#N)c5)nc4n3CC3CC3)c(C)n12. The van der Waals surface area contributed by atoms with Crippen LogP contribution in [-0.2, 0) is 6.54 Å². The fourth-order valence-corrected chi connectivity index (χ4v) is 7.70. The second kappa shape index (κ2) is 11.5. The van der Waals surface area contributed by atoms with E-state index in [1.807, 2.05) is 47.4 Å². The smallest absolute Gasteiger partial charge is 0.254 e. The largest absolute Gasteiger partial charge is 0.482 e. The van der Waals surface area contributed by atoms with Gasteiger partial charge in [0, 0.05) is 47.2 Å². The van der Waals surface area contributed by atoms with Crippen LogP contribution in [0.5, 0.6) is 5.88 Å². The number of ether oxygens (including phenoxy) is 1. The van der Waals surface area contributed by atoms with E-state index in [1.54, 1.807) is 31.4 Å². The van der Waals surface area contributed by atoms with Crippen molar-refractivity contribution in [3.8, 4) is 23.3 Å². The first-order chi connectivity index (χ1) is 23.2. The molecule has 1 saturated carbocycles. The molecule has 6 heterocycles. The molecule has 5 aromatic rings. The van der Waals surface area contributed by atoms with E-state index < -0.39 is 0 Å². The number of benzene rings is 1. The molecule has 2 amide bonds. The van der Waals surface area contributed by atoms with E-state index >= 15 is 0 Å². The Morgan fingerprint density at radius 1 is 1.08 bits per heavy atom. The number of hydrogen-bond donors (Lipinski definition) is 2. The third-order valence-corrected chi connectivity index (χ3v) is 10.4. The van der Waals surface area contributed by atoms with Crippen LogP contribution in [0.1, 0.15) is 82.7 Å². The first-order valence-electron chi connectivity index (χ1n) is 16.7. The number of nitrogens with zero attached hydrogens (tertiary/aromatic N) is 6. The Balaban J connectivity index is 1.16. The summed E-state index contributed by atoms with van der Waals surface area (Å²) in [6.45, 7) is 4.74. The lowest BCUT2D eigenvalue weighted by Crippen LogP contribution is -2.40. The number of aryl methyl sites for hydroxylation is 1. The first kappa shape index (κ1) is 30.1. The van der Waals surface area contributed by atoms with Gasteiger partial charge in [0.15, 0.2) is 5.88 Å². The molecule has 3 N–H and O–H groups in total. The normalized spacial score (nSPS) is 20.7. The molecule has 2 bridgehead atoms. The Labute approximate surface area is 278 Å². The Kier molecular flexibility index (Phi) is 7.22. The predicted molar refractivity (Wildman–Crippen MR) is 181 cm³/mol. The number of aromatic nitrogens is 4. The predicted octanol–water partition coefficient (Wildman–Crippen LogP) is 5.14. The first-order valence-corrected chi connectivity index (χ1v) is 16.7. The molecule has 0 radical (unpaired) electrons. The number of carbonyl (C=O) groups excluding carboxylic acids is 2. The summed E-state index contributed by atoms with van der Waals surface area (Å²) < 4.78 is 10.1. The molecule has 2 aliphatic heterocycles. The van der Waals surface area contributed by atoms with Crippen molar-refractivity contribution in [3.05, 3.63) is 82.7 Å². The molecule has 1 aliphatic carbocycles. The van der Waals surface area contributed by atoms with E-state index in [4.69, 9.17) is 20.4 Å².